The molecule has 1 fully saturated rings. The van der Waals surface area contributed by atoms with Crippen molar-refractivity contribution in [1.82, 2.24) is 15.5 Å². The van der Waals surface area contributed by atoms with Crippen LogP contribution in [0.3, 0.4) is 0 Å². The number of alkyl halides is 3. The van der Waals surface area contributed by atoms with E-state index in [0.717, 1.165) is 17.7 Å². The van der Waals surface area contributed by atoms with E-state index in [-0.39, 0.29) is 6.04 Å². The van der Waals surface area contributed by atoms with Gasteiger partial charge in [0.25, 0.3) is 0 Å². The van der Waals surface area contributed by atoms with Crippen molar-refractivity contribution in [3.63, 3.8) is 0 Å². The first-order chi connectivity index (χ1) is 12.9. The Morgan fingerprint density at radius 3 is 2.78 bits per heavy atom. The third kappa shape index (κ3) is 7.66. The third-order valence-corrected chi connectivity index (χ3v) is 4.28. The lowest BCUT2D eigenvalue weighted by molar-refractivity contribution is -0.143. The second kappa shape index (κ2) is 10.4. The average molecular weight is 386 g/mol. The second-order valence-corrected chi connectivity index (χ2v) is 6.53. The van der Waals surface area contributed by atoms with Gasteiger partial charge in [0.05, 0.1) is 13.2 Å². The van der Waals surface area contributed by atoms with E-state index in [0.29, 0.717) is 45.2 Å². The van der Waals surface area contributed by atoms with Crippen LogP contribution in [-0.2, 0) is 6.42 Å². The van der Waals surface area contributed by atoms with E-state index in [1.54, 1.807) is 0 Å². The highest BCUT2D eigenvalue weighted by Crippen LogP contribution is 2.20. The van der Waals surface area contributed by atoms with Gasteiger partial charge in [-0.25, -0.2) is 0 Å². The van der Waals surface area contributed by atoms with Gasteiger partial charge in [-0.3, -0.25) is 9.89 Å². The Bertz CT molecular complexity index is 607. The lowest BCUT2D eigenvalue weighted by Crippen LogP contribution is -2.45. The molecule has 1 unspecified atom stereocenters. The molecule has 0 aromatic heterocycles. The molecule has 1 aliphatic heterocycles. The first-order valence-corrected chi connectivity index (χ1v) is 9.46. The Labute approximate surface area is 159 Å². The number of hydrogen-bond acceptors (Lipinski definition) is 3. The monoisotopic (exact) mass is 386 g/mol. The maximum Gasteiger partial charge on any atom is 0.401 e. The van der Waals surface area contributed by atoms with Crippen LogP contribution in [0.1, 0.15) is 25.8 Å². The zero-order valence-corrected chi connectivity index (χ0v) is 16.0. The number of guanidine groups is 1. The summed E-state index contributed by atoms with van der Waals surface area (Å²) in [6.07, 6.45) is -2.74. The molecule has 1 aromatic carbocycles. The van der Waals surface area contributed by atoms with Gasteiger partial charge >= 0.3 is 6.18 Å². The van der Waals surface area contributed by atoms with E-state index in [9.17, 15) is 13.2 Å². The maximum atomic E-state index is 12.5. The Kier molecular flexibility index (Phi) is 8.22. The highest BCUT2D eigenvalue weighted by molar-refractivity contribution is 5.80. The molecule has 0 bridgehead atoms. The molecule has 5 nitrogen and oxygen atoms in total. The number of benzene rings is 1. The fourth-order valence-electron chi connectivity index (χ4n) is 3.16. The van der Waals surface area contributed by atoms with Gasteiger partial charge in [0.1, 0.15) is 5.75 Å². The molecule has 1 aromatic rings. The van der Waals surface area contributed by atoms with E-state index in [1.807, 2.05) is 38.1 Å². The SMILES string of the molecule is CCNC(=NCCc1ccccc1OCC)NC1CCN(CC(F)(F)F)C1. The molecular weight excluding hydrogens is 357 g/mol. The Morgan fingerprint density at radius 2 is 2.07 bits per heavy atom. The fraction of sp³-hybridized carbons (Fsp3) is 0.632. The molecular formula is C19H29F3N4O. The van der Waals surface area contributed by atoms with Crippen molar-refractivity contribution in [3.8, 4) is 5.75 Å². The Morgan fingerprint density at radius 1 is 1.30 bits per heavy atom. The molecule has 0 spiro atoms. The molecule has 27 heavy (non-hydrogen) atoms. The second-order valence-electron chi connectivity index (χ2n) is 6.53. The van der Waals surface area contributed by atoms with Crippen molar-refractivity contribution >= 4 is 5.96 Å². The van der Waals surface area contributed by atoms with Crippen LogP contribution in [0.25, 0.3) is 0 Å². The van der Waals surface area contributed by atoms with Crippen LogP contribution in [0.4, 0.5) is 13.2 Å². The van der Waals surface area contributed by atoms with Crippen molar-refractivity contribution in [3.05, 3.63) is 29.8 Å². The molecule has 2 rings (SSSR count). The van der Waals surface area contributed by atoms with E-state index in [2.05, 4.69) is 15.6 Å². The number of aliphatic imine (C=N–C) groups is 1. The van der Waals surface area contributed by atoms with Crippen LogP contribution >= 0.6 is 0 Å². The number of nitrogens with one attached hydrogen (secondary N) is 2. The summed E-state index contributed by atoms with van der Waals surface area (Å²) in [7, 11) is 0. The first-order valence-electron chi connectivity index (χ1n) is 9.46. The van der Waals surface area contributed by atoms with E-state index in [4.69, 9.17) is 4.74 Å². The van der Waals surface area contributed by atoms with Crippen molar-refractivity contribution in [1.29, 1.82) is 0 Å². The van der Waals surface area contributed by atoms with Gasteiger partial charge < -0.3 is 15.4 Å². The number of ether oxygens (including phenoxy) is 1. The van der Waals surface area contributed by atoms with Gasteiger partial charge in [-0.05, 0) is 38.3 Å². The van der Waals surface area contributed by atoms with Gasteiger partial charge in [-0.15, -0.1) is 0 Å². The van der Waals surface area contributed by atoms with Crippen LogP contribution in [0.2, 0.25) is 0 Å². The molecule has 2 N–H and O–H groups in total. The summed E-state index contributed by atoms with van der Waals surface area (Å²) >= 11 is 0. The smallest absolute Gasteiger partial charge is 0.401 e. The number of para-hydroxylation sites is 1. The molecule has 0 radical (unpaired) electrons. The summed E-state index contributed by atoms with van der Waals surface area (Å²) < 4.78 is 43.2. The Balaban J connectivity index is 1.88. The van der Waals surface area contributed by atoms with Gasteiger partial charge in [0, 0.05) is 32.2 Å². The number of rotatable bonds is 8. The molecule has 1 saturated heterocycles. The predicted octanol–water partition coefficient (Wildman–Crippen LogP) is 2.82. The average Bonchev–Trinajstić information content (AvgIpc) is 3.01. The van der Waals surface area contributed by atoms with Gasteiger partial charge in [-0.1, -0.05) is 18.2 Å². The van der Waals surface area contributed by atoms with E-state index < -0.39 is 12.7 Å². The summed E-state index contributed by atoms with van der Waals surface area (Å²) in [6, 6.07) is 7.85. The largest absolute Gasteiger partial charge is 0.494 e. The zero-order chi connectivity index (χ0) is 19.7. The molecule has 0 amide bonds. The van der Waals surface area contributed by atoms with Crippen LogP contribution in [-0.4, -0.2) is 62.4 Å². The summed E-state index contributed by atoms with van der Waals surface area (Å²) in [5.74, 6) is 1.51. The predicted molar refractivity (Wildman–Crippen MR) is 101 cm³/mol. The van der Waals surface area contributed by atoms with Crippen molar-refractivity contribution in [2.24, 2.45) is 4.99 Å². The minimum Gasteiger partial charge on any atom is -0.494 e. The van der Waals surface area contributed by atoms with Gasteiger partial charge in [0.2, 0.25) is 0 Å². The number of nitrogens with zero attached hydrogens (tertiary/aromatic N) is 2. The molecule has 1 heterocycles. The highest BCUT2D eigenvalue weighted by atomic mass is 19.4. The number of hydrogen-bond donors (Lipinski definition) is 2. The molecule has 8 heteroatoms. The quantitative estimate of drug-likeness (QED) is 0.533. The van der Waals surface area contributed by atoms with Crippen molar-refractivity contribution in [2.75, 3.05) is 39.3 Å². The van der Waals surface area contributed by atoms with Crippen molar-refractivity contribution < 1.29 is 17.9 Å². The number of halogens is 3. The van der Waals surface area contributed by atoms with E-state index in [1.165, 1.54) is 4.90 Å². The van der Waals surface area contributed by atoms with Gasteiger partial charge in [0.15, 0.2) is 5.96 Å². The normalized spacial score (nSPS) is 18.6. The highest BCUT2D eigenvalue weighted by Gasteiger charge is 2.34. The third-order valence-electron chi connectivity index (χ3n) is 4.28. The molecule has 1 atom stereocenters. The molecule has 0 saturated carbocycles. The molecule has 152 valence electrons. The lowest BCUT2D eigenvalue weighted by atomic mass is 10.1. The topological polar surface area (TPSA) is 48.9 Å². The van der Waals surface area contributed by atoms with E-state index >= 15 is 0 Å². The molecule has 0 aliphatic carbocycles. The zero-order valence-electron chi connectivity index (χ0n) is 16.0. The molecule has 1 aliphatic rings. The fourth-order valence-corrected chi connectivity index (χ4v) is 3.16. The maximum absolute atomic E-state index is 12.5. The first kappa shape index (κ1) is 21.3. The van der Waals surface area contributed by atoms with Crippen LogP contribution in [0.5, 0.6) is 5.75 Å². The Hall–Kier alpha value is -1.96. The van der Waals surface area contributed by atoms with Crippen LogP contribution in [0.15, 0.2) is 29.3 Å². The van der Waals surface area contributed by atoms with Crippen molar-refractivity contribution in [2.45, 2.75) is 38.9 Å². The summed E-state index contributed by atoms with van der Waals surface area (Å²) in [5, 5.41) is 6.42. The lowest BCUT2D eigenvalue weighted by Gasteiger charge is -2.19. The van der Waals surface area contributed by atoms with Gasteiger partial charge in [-0.2, -0.15) is 13.2 Å². The summed E-state index contributed by atoms with van der Waals surface area (Å²) in [4.78, 5) is 6.00. The van der Waals surface area contributed by atoms with Crippen LogP contribution in [0, 0.1) is 0 Å². The standard InChI is InChI=1S/C19H29F3N4O/c1-3-23-18(25-16-10-12-26(13-16)14-19(20,21)22)24-11-9-15-7-5-6-8-17(15)27-4-2/h5-8,16H,3-4,9-14H2,1-2H3,(H2,23,24,25). The minimum atomic E-state index is -4.15. The van der Waals surface area contributed by atoms with Crippen LogP contribution < -0.4 is 15.4 Å². The number of likely N-dealkylation sites (tertiary alicyclic amines) is 1. The summed E-state index contributed by atoms with van der Waals surface area (Å²) in [6.45, 7) is 5.75. The summed E-state index contributed by atoms with van der Waals surface area (Å²) in [5.41, 5.74) is 1.09. The minimum absolute atomic E-state index is 0.0270.